The molecule has 4 heteroatoms. The molecule has 1 aromatic rings. The number of nitrogens with zero attached hydrogens (tertiary/aromatic N) is 1. The molecule has 18 heavy (non-hydrogen) atoms. The standard InChI is InChI=1S/C14H19NO3/c1-10-5-4-7-12(13(10)17)14(18)15-8-3-2-6-11(15)9-16/h4-5,7,11,16-17H,2-3,6,8-9H2,1H3. The second-order valence-electron chi connectivity index (χ2n) is 4.80. The average Bonchev–Trinajstić information content (AvgIpc) is 2.41. The Labute approximate surface area is 107 Å². The van der Waals surface area contributed by atoms with Crippen LogP contribution in [0.1, 0.15) is 35.2 Å². The van der Waals surface area contributed by atoms with E-state index in [1.54, 1.807) is 30.0 Å². The van der Waals surface area contributed by atoms with Crippen molar-refractivity contribution in [2.45, 2.75) is 32.2 Å². The van der Waals surface area contributed by atoms with Gasteiger partial charge in [-0.3, -0.25) is 4.79 Å². The summed E-state index contributed by atoms with van der Waals surface area (Å²) in [5.74, 6) is -0.139. The second-order valence-corrected chi connectivity index (χ2v) is 4.80. The maximum atomic E-state index is 12.4. The zero-order valence-corrected chi connectivity index (χ0v) is 10.6. The van der Waals surface area contributed by atoms with Crippen LogP contribution in [0.5, 0.6) is 5.75 Å². The number of likely N-dealkylation sites (tertiary alicyclic amines) is 1. The van der Waals surface area contributed by atoms with Crippen molar-refractivity contribution >= 4 is 5.91 Å². The molecular formula is C14H19NO3. The third-order valence-electron chi connectivity index (χ3n) is 3.57. The number of carbonyl (C=O) groups excluding carboxylic acids is 1. The number of aryl methyl sites for hydroxylation is 1. The molecule has 2 N–H and O–H groups in total. The van der Waals surface area contributed by atoms with Crippen LogP contribution in [-0.2, 0) is 0 Å². The minimum Gasteiger partial charge on any atom is -0.507 e. The fourth-order valence-electron chi connectivity index (χ4n) is 2.44. The number of aliphatic hydroxyl groups excluding tert-OH is 1. The van der Waals surface area contributed by atoms with Gasteiger partial charge in [-0.15, -0.1) is 0 Å². The van der Waals surface area contributed by atoms with Gasteiger partial charge in [-0.25, -0.2) is 0 Å². The number of rotatable bonds is 2. The summed E-state index contributed by atoms with van der Waals surface area (Å²) in [6.07, 6.45) is 2.82. The number of phenolic OH excluding ortho intramolecular Hbond substituents is 1. The molecule has 0 saturated carbocycles. The quantitative estimate of drug-likeness (QED) is 0.838. The van der Waals surface area contributed by atoms with E-state index in [4.69, 9.17) is 0 Å². The molecule has 0 aliphatic carbocycles. The number of hydrogen-bond donors (Lipinski definition) is 2. The molecule has 98 valence electrons. The third kappa shape index (κ3) is 2.34. The summed E-state index contributed by atoms with van der Waals surface area (Å²) in [5, 5.41) is 19.3. The molecule has 0 spiro atoms. The van der Waals surface area contributed by atoms with Crippen LogP contribution in [0.25, 0.3) is 0 Å². The highest BCUT2D eigenvalue weighted by Gasteiger charge is 2.28. The Morgan fingerprint density at radius 1 is 1.44 bits per heavy atom. The summed E-state index contributed by atoms with van der Waals surface area (Å²) < 4.78 is 0. The smallest absolute Gasteiger partial charge is 0.257 e. The monoisotopic (exact) mass is 249 g/mol. The van der Waals surface area contributed by atoms with Crippen LogP contribution in [0.4, 0.5) is 0 Å². The summed E-state index contributed by atoms with van der Waals surface area (Å²) in [6, 6.07) is 5.05. The van der Waals surface area contributed by atoms with Crippen LogP contribution in [-0.4, -0.2) is 40.2 Å². The Morgan fingerprint density at radius 2 is 2.22 bits per heavy atom. The van der Waals surface area contributed by atoms with Gasteiger partial charge in [-0.1, -0.05) is 12.1 Å². The molecule has 0 aromatic heterocycles. The summed E-state index contributed by atoms with van der Waals surface area (Å²) in [4.78, 5) is 14.1. The van der Waals surface area contributed by atoms with E-state index in [0.717, 1.165) is 19.3 Å². The first-order valence-corrected chi connectivity index (χ1v) is 6.35. The van der Waals surface area contributed by atoms with Crippen molar-refractivity contribution in [2.24, 2.45) is 0 Å². The molecule has 1 saturated heterocycles. The second kappa shape index (κ2) is 5.40. The molecular weight excluding hydrogens is 230 g/mol. The summed E-state index contributed by atoms with van der Waals surface area (Å²) in [6.45, 7) is 2.40. The number of aliphatic hydroxyl groups is 1. The van der Waals surface area contributed by atoms with E-state index in [0.29, 0.717) is 17.7 Å². The van der Waals surface area contributed by atoms with Crippen LogP contribution in [0.15, 0.2) is 18.2 Å². The van der Waals surface area contributed by atoms with Gasteiger partial charge in [-0.2, -0.15) is 0 Å². The lowest BCUT2D eigenvalue weighted by Gasteiger charge is -2.34. The van der Waals surface area contributed by atoms with E-state index >= 15 is 0 Å². The number of hydrogen-bond acceptors (Lipinski definition) is 3. The van der Waals surface area contributed by atoms with Gasteiger partial charge in [0.05, 0.1) is 18.2 Å². The Hall–Kier alpha value is -1.55. The molecule has 0 bridgehead atoms. The predicted molar refractivity (Wildman–Crippen MR) is 68.6 cm³/mol. The van der Waals surface area contributed by atoms with Crippen LogP contribution >= 0.6 is 0 Å². The first-order chi connectivity index (χ1) is 8.65. The van der Waals surface area contributed by atoms with Crippen molar-refractivity contribution in [3.8, 4) is 5.75 Å². The third-order valence-corrected chi connectivity index (χ3v) is 3.57. The number of benzene rings is 1. The van der Waals surface area contributed by atoms with Crippen molar-refractivity contribution in [2.75, 3.05) is 13.2 Å². The van der Waals surface area contributed by atoms with E-state index in [1.165, 1.54) is 0 Å². The molecule has 1 atom stereocenters. The van der Waals surface area contributed by atoms with Gasteiger partial charge in [0.2, 0.25) is 0 Å². The molecule has 1 aliphatic rings. The molecule has 1 aromatic carbocycles. The van der Waals surface area contributed by atoms with E-state index < -0.39 is 0 Å². The van der Waals surface area contributed by atoms with E-state index in [9.17, 15) is 15.0 Å². The van der Waals surface area contributed by atoms with Crippen LogP contribution in [0.3, 0.4) is 0 Å². The van der Waals surface area contributed by atoms with Crippen molar-refractivity contribution in [3.63, 3.8) is 0 Å². The van der Waals surface area contributed by atoms with E-state index in [-0.39, 0.29) is 24.3 Å². The van der Waals surface area contributed by atoms with E-state index in [2.05, 4.69) is 0 Å². The number of aromatic hydroxyl groups is 1. The normalized spacial score (nSPS) is 19.9. The number of carbonyl (C=O) groups is 1. The van der Waals surface area contributed by atoms with Crippen LogP contribution in [0.2, 0.25) is 0 Å². The van der Waals surface area contributed by atoms with Crippen LogP contribution in [0, 0.1) is 6.92 Å². The van der Waals surface area contributed by atoms with Gasteiger partial charge in [0.1, 0.15) is 5.75 Å². The lowest BCUT2D eigenvalue weighted by Crippen LogP contribution is -2.45. The number of amides is 1. The van der Waals surface area contributed by atoms with Gasteiger partial charge in [0.15, 0.2) is 0 Å². The van der Waals surface area contributed by atoms with Crippen molar-refractivity contribution in [3.05, 3.63) is 29.3 Å². The zero-order chi connectivity index (χ0) is 13.1. The molecule has 2 rings (SSSR count). The van der Waals surface area contributed by atoms with E-state index in [1.807, 2.05) is 0 Å². The first-order valence-electron chi connectivity index (χ1n) is 6.35. The highest BCUT2D eigenvalue weighted by molar-refractivity contribution is 5.97. The summed E-state index contributed by atoms with van der Waals surface area (Å²) in [7, 11) is 0. The average molecular weight is 249 g/mol. The molecule has 1 aliphatic heterocycles. The Balaban J connectivity index is 2.27. The minimum atomic E-state index is -0.185. The summed E-state index contributed by atoms with van der Waals surface area (Å²) in [5.41, 5.74) is 1.02. The fraction of sp³-hybridized carbons (Fsp3) is 0.500. The number of piperidine rings is 1. The van der Waals surface area contributed by atoms with Crippen LogP contribution < -0.4 is 0 Å². The number of phenols is 1. The first kappa shape index (κ1) is 12.9. The molecule has 1 fully saturated rings. The zero-order valence-electron chi connectivity index (χ0n) is 10.6. The fourth-order valence-corrected chi connectivity index (χ4v) is 2.44. The lowest BCUT2D eigenvalue weighted by atomic mass is 10.0. The maximum absolute atomic E-state index is 12.4. The van der Waals surface area contributed by atoms with Gasteiger partial charge in [0.25, 0.3) is 5.91 Å². The van der Waals surface area contributed by atoms with Gasteiger partial charge in [0, 0.05) is 6.54 Å². The molecule has 1 heterocycles. The Kier molecular flexibility index (Phi) is 3.87. The van der Waals surface area contributed by atoms with Crippen molar-refractivity contribution in [1.82, 2.24) is 4.90 Å². The van der Waals surface area contributed by atoms with Gasteiger partial charge < -0.3 is 15.1 Å². The minimum absolute atomic E-state index is 0.0156. The molecule has 1 unspecified atom stereocenters. The topological polar surface area (TPSA) is 60.8 Å². The maximum Gasteiger partial charge on any atom is 0.257 e. The summed E-state index contributed by atoms with van der Waals surface area (Å²) >= 11 is 0. The van der Waals surface area contributed by atoms with Gasteiger partial charge in [-0.05, 0) is 37.8 Å². The predicted octanol–water partition coefficient (Wildman–Crippen LogP) is 1.69. The molecule has 1 amide bonds. The van der Waals surface area contributed by atoms with Gasteiger partial charge >= 0.3 is 0 Å². The molecule has 0 radical (unpaired) electrons. The van der Waals surface area contributed by atoms with Crippen molar-refractivity contribution in [1.29, 1.82) is 0 Å². The molecule has 4 nitrogen and oxygen atoms in total. The largest absolute Gasteiger partial charge is 0.507 e. The SMILES string of the molecule is Cc1cccc(C(=O)N2CCCCC2CO)c1O. The lowest BCUT2D eigenvalue weighted by molar-refractivity contribution is 0.0500. The number of para-hydroxylation sites is 1. The Morgan fingerprint density at radius 3 is 2.94 bits per heavy atom. The van der Waals surface area contributed by atoms with Crippen molar-refractivity contribution < 1.29 is 15.0 Å². The highest BCUT2D eigenvalue weighted by atomic mass is 16.3. The highest BCUT2D eigenvalue weighted by Crippen LogP contribution is 2.26. The Bertz CT molecular complexity index is 445.